The highest BCUT2D eigenvalue weighted by atomic mass is 35.5. The van der Waals surface area contributed by atoms with Gasteiger partial charge in [-0.05, 0) is 46.7 Å². The third kappa shape index (κ3) is 5.26. The number of hydrogen-bond acceptors (Lipinski definition) is 6. The van der Waals surface area contributed by atoms with Gasteiger partial charge in [0.25, 0.3) is 5.91 Å². The number of nitrogens with one attached hydrogen (secondary N) is 1. The average molecular weight is 438 g/mol. The fourth-order valence-corrected chi connectivity index (χ4v) is 3.28. The quantitative estimate of drug-likeness (QED) is 0.409. The highest BCUT2D eigenvalue weighted by Gasteiger charge is 2.18. The molecule has 2 aromatic carbocycles. The van der Waals surface area contributed by atoms with E-state index >= 15 is 0 Å². The Labute approximate surface area is 174 Å². The van der Waals surface area contributed by atoms with E-state index in [1.54, 1.807) is 24.3 Å². The van der Waals surface area contributed by atoms with Crippen LogP contribution in [0.15, 0.2) is 54.7 Å². The zero-order valence-corrected chi connectivity index (χ0v) is 16.5. The van der Waals surface area contributed by atoms with E-state index in [-0.39, 0.29) is 16.7 Å². The zero-order chi connectivity index (χ0) is 20.1. The van der Waals surface area contributed by atoms with Crippen LogP contribution in [0.25, 0.3) is 0 Å². The van der Waals surface area contributed by atoms with Crippen molar-refractivity contribution in [3.63, 3.8) is 0 Å². The van der Waals surface area contributed by atoms with Gasteiger partial charge in [-0.1, -0.05) is 47.5 Å². The smallest absolute Gasteiger partial charge is 0.345 e. The molecule has 0 radical (unpaired) electrons. The van der Waals surface area contributed by atoms with Crippen molar-refractivity contribution in [2.45, 2.75) is 6.10 Å². The Bertz CT molecular complexity index is 932. The maximum atomic E-state index is 12.2. The molecule has 1 heterocycles. The monoisotopic (exact) mass is 437 g/mol. The molecule has 3 aromatic rings. The van der Waals surface area contributed by atoms with Gasteiger partial charge in [0.05, 0.1) is 4.92 Å². The molecule has 0 bridgehead atoms. The van der Waals surface area contributed by atoms with E-state index in [9.17, 15) is 14.9 Å². The molecule has 0 aliphatic rings. The normalized spacial score (nSPS) is 10.8. The second kappa shape index (κ2) is 9.11. The number of nitro groups is 1. The number of carbonyl (C=O) groups excluding carboxylic acids is 1. The Morgan fingerprint density at radius 2 is 1.64 bits per heavy atom. The van der Waals surface area contributed by atoms with Crippen LogP contribution in [0, 0.1) is 10.1 Å². The summed E-state index contributed by atoms with van der Waals surface area (Å²) in [6.45, 7) is -0.275. The SMILES string of the molecule is O=C(COC(c1ccc(Cl)cc1)c1ccc(Cl)cc1)Nc1ncc([N+](=O)[O-])s1. The van der Waals surface area contributed by atoms with E-state index in [4.69, 9.17) is 27.9 Å². The number of amides is 1. The maximum Gasteiger partial charge on any atom is 0.345 e. The van der Waals surface area contributed by atoms with Crippen molar-refractivity contribution in [1.82, 2.24) is 4.98 Å². The molecule has 144 valence electrons. The van der Waals surface area contributed by atoms with Gasteiger partial charge < -0.3 is 4.74 Å². The van der Waals surface area contributed by atoms with Crippen molar-refractivity contribution in [1.29, 1.82) is 0 Å². The Morgan fingerprint density at radius 3 is 2.11 bits per heavy atom. The molecular weight excluding hydrogens is 425 g/mol. The van der Waals surface area contributed by atoms with Crippen molar-refractivity contribution in [2.75, 3.05) is 11.9 Å². The summed E-state index contributed by atoms with van der Waals surface area (Å²) in [6, 6.07) is 14.2. The van der Waals surface area contributed by atoms with Gasteiger partial charge in [-0.25, -0.2) is 4.98 Å². The molecule has 0 saturated carbocycles. The number of anilines is 1. The fourth-order valence-electron chi connectivity index (χ4n) is 2.38. The van der Waals surface area contributed by atoms with Gasteiger partial charge in [0.15, 0.2) is 5.13 Å². The van der Waals surface area contributed by atoms with Crippen LogP contribution in [0.3, 0.4) is 0 Å². The summed E-state index contributed by atoms with van der Waals surface area (Å²) in [5, 5.41) is 14.3. The minimum Gasteiger partial charge on any atom is -0.359 e. The molecule has 0 saturated heterocycles. The number of hydrogen-bond donors (Lipinski definition) is 1. The van der Waals surface area contributed by atoms with E-state index in [1.165, 1.54) is 0 Å². The highest BCUT2D eigenvalue weighted by molar-refractivity contribution is 7.18. The molecule has 1 N–H and O–H groups in total. The number of ether oxygens (including phenoxy) is 1. The van der Waals surface area contributed by atoms with Crippen molar-refractivity contribution in [2.24, 2.45) is 0 Å². The first kappa shape index (κ1) is 20.2. The zero-order valence-electron chi connectivity index (χ0n) is 14.2. The molecule has 0 unspecified atom stereocenters. The summed E-state index contributed by atoms with van der Waals surface area (Å²) in [5.41, 5.74) is 1.62. The molecule has 1 aromatic heterocycles. The first-order valence-corrected chi connectivity index (χ1v) is 9.52. The van der Waals surface area contributed by atoms with Crippen molar-refractivity contribution < 1.29 is 14.5 Å². The van der Waals surface area contributed by atoms with E-state index in [0.717, 1.165) is 28.7 Å². The van der Waals surface area contributed by atoms with Crippen LogP contribution in [0.2, 0.25) is 10.0 Å². The van der Waals surface area contributed by atoms with Crippen LogP contribution in [0.1, 0.15) is 17.2 Å². The van der Waals surface area contributed by atoms with Gasteiger partial charge in [0, 0.05) is 10.0 Å². The topological polar surface area (TPSA) is 94.4 Å². The molecule has 7 nitrogen and oxygen atoms in total. The van der Waals surface area contributed by atoms with E-state index in [2.05, 4.69) is 10.3 Å². The first-order valence-electron chi connectivity index (χ1n) is 7.95. The molecule has 0 fully saturated rings. The average Bonchev–Trinajstić information content (AvgIpc) is 3.13. The summed E-state index contributed by atoms with van der Waals surface area (Å²) in [4.78, 5) is 26.1. The predicted molar refractivity (Wildman–Crippen MR) is 108 cm³/mol. The summed E-state index contributed by atoms with van der Waals surface area (Å²) >= 11 is 12.7. The summed E-state index contributed by atoms with van der Waals surface area (Å²) in [6.07, 6.45) is 0.566. The van der Waals surface area contributed by atoms with Gasteiger partial charge in [0.1, 0.15) is 18.9 Å². The van der Waals surface area contributed by atoms with E-state index in [1.807, 2.05) is 24.3 Å². The van der Waals surface area contributed by atoms with Crippen molar-refractivity contribution in [3.8, 4) is 0 Å². The highest BCUT2D eigenvalue weighted by Crippen LogP contribution is 2.29. The standard InChI is InChI=1S/C18H13Cl2N3O4S/c19-13-5-1-11(2-6-13)17(12-3-7-14(20)8-4-12)27-10-15(24)22-18-21-9-16(28-18)23(25)26/h1-9,17H,10H2,(H,21,22,24). The van der Waals surface area contributed by atoms with Crippen LogP contribution in [0.4, 0.5) is 10.1 Å². The lowest BCUT2D eigenvalue weighted by atomic mass is 10.0. The summed E-state index contributed by atoms with van der Waals surface area (Å²) in [7, 11) is 0. The summed E-state index contributed by atoms with van der Waals surface area (Å²) < 4.78 is 5.83. The number of carbonyl (C=O) groups is 1. The van der Waals surface area contributed by atoms with Crippen LogP contribution < -0.4 is 5.32 Å². The van der Waals surface area contributed by atoms with E-state index < -0.39 is 16.9 Å². The lowest BCUT2D eigenvalue weighted by Crippen LogP contribution is -2.20. The number of aromatic nitrogens is 1. The van der Waals surface area contributed by atoms with Crippen molar-refractivity contribution >= 4 is 50.6 Å². The lowest BCUT2D eigenvalue weighted by Gasteiger charge is -2.19. The Balaban J connectivity index is 1.71. The molecule has 28 heavy (non-hydrogen) atoms. The predicted octanol–water partition coefficient (Wildman–Crippen LogP) is 5.10. The summed E-state index contributed by atoms with van der Waals surface area (Å²) in [5.74, 6) is -0.475. The Kier molecular flexibility index (Phi) is 6.58. The molecular formula is C18H13Cl2N3O4S. The molecule has 0 aliphatic carbocycles. The van der Waals surface area contributed by atoms with Crippen LogP contribution in [-0.4, -0.2) is 22.4 Å². The second-order valence-electron chi connectivity index (χ2n) is 5.60. The largest absolute Gasteiger partial charge is 0.359 e. The van der Waals surface area contributed by atoms with Crippen LogP contribution >= 0.6 is 34.5 Å². The Morgan fingerprint density at radius 1 is 1.11 bits per heavy atom. The minimum atomic E-state index is -0.569. The minimum absolute atomic E-state index is 0.134. The second-order valence-corrected chi connectivity index (χ2v) is 7.49. The van der Waals surface area contributed by atoms with Gasteiger partial charge >= 0.3 is 5.00 Å². The number of benzene rings is 2. The van der Waals surface area contributed by atoms with Gasteiger partial charge in [-0.15, -0.1) is 0 Å². The number of halogens is 2. The molecule has 0 spiro atoms. The van der Waals surface area contributed by atoms with Gasteiger partial charge in [-0.2, -0.15) is 0 Å². The molecule has 3 rings (SSSR count). The van der Waals surface area contributed by atoms with Crippen LogP contribution in [0.5, 0.6) is 0 Å². The Hall–Kier alpha value is -2.52. The number of nitrogens with zero attached hydrogens (tertiary/aromatic N) is 2. The van der Waals surface area contributed by atoms with Gasteiger partial charge in [0.2, 0.25) is 0 Å². The third-order valence-electron chi connectivity index (χ3n) is 3.65. The molecule has 1 amide bonds. The molecule has 10 heteroatoms. The van der Waals surface area contributed by atoms with Crippen molar-refractivity contribution in [3.05, 3.63) is 86.0 Å². The number of thiazole rings is 1. The van der Waals surface area contributed by atoms with Gasteiger partial charge in [-0.3, -0.25) is 20.2 Å². The van der Waals surface area contributed by atoms with E-state index in [0.29, 0.717) is 10.0 Å². The fraction of sp³-hybridized carbons (Fsp3) is 0.111. The molecule has 0 atom stereocenters. The molecule has 0 aliphatic heterocycles. The first-order chi connectivity index (χ1) is 13.4. The lowest BCUT2D eigenvalue weighted by molar-refractivity contribution is -0.380. The van der Waals surface area contributed by atoms with Crippen LogP contribution in [-0.2, 0) is 9.53 Å². The number of rotatable bonds is 7. The maximum absolute atomic E-state index is 12.2. The third-order valence-corrected chi connectivity index (χ3v) is 5.01.